The van der Waals surface area contributed by atoms with Gasteiger partial charge >= 0.3 is 5.97 Å². The molecule has 16 heavy (non-hydrogen) atoms. The maximum absolute atomic E-state index is 11.9. The van der Waals surface area contributed by atoms with Crippen molar-refractivity contribution in [3.63, 3.8) is 0 Å². The van der Waals surface area contributed by atoms with Gasteiger partial charge < -0.3 is 9.64 Å². The van der Waals surface area contributed by atoms with Crippen LogP contribution in [0.3, 0.4) is 0 Å². The molecular formula is C12H19NO3. The van der Waals surface area contributed by atoms with Gasteiger partial charge in [0.2, 0.25) is 5.91 Å². The lowest BCUT2D eigenvalue weighted by atomic mass is 9.94. The predicted octanol–water partition coefficient (Wildman–Crippen LogP) is 1.22. The van der Waals surface area contributed by atoms with Crippen LogP contribution in [0.15, 0.2) is 12.7 Å². The Morgan fingerprint density at radius 3 is 2.94 bits per heavy atom. The van der Waals surface area contributed by atoms with E-state index in [2.05, 4.69) is 6.58 Å². The van der Waals surface area contributed by atoms with Crippen molar-refractivity contribution in [2.75, 3.05) is 19.7 Å². The Morgan fingerprint density at radius 1 is 1.69 bits per heavy atom. The summed E-state index contributed by atoms with van der Waals surface area (Å²) in [7, 11) is 0. The van der Waals surface area contributed by atoms with Gasteiger partial charge in [0, 0.05) is 13.1 Å². The Balaban J connectivity index is 2.56. The Morgan fingerprint density at radius 2 is 2.38 bits per heavy atom. The lowest BCUT2D eigenvalue weighted by molar-refractivity contribution is -0.147. The fourth-order valence-corrected chi connectivity index (χ4v) is 2.05. The minimum absolute atomic E-state index is 0.0421. The standard InChI is InChI=1S/C12H19NO3/c1-4-6-13-8-9(3)10(12(13)15)7-11(14)16-5-2/h4,9-10H,1,5-8H2,2-3H3/t9-,10+/m1/s1. The summed E-state index contributed by atoms with van der Waals surface area (Å²) in [4.78, 5) is 25.0. The monoisotopic (exact) mass is 225 g/mol. The summed E-state index contributed by atoms with van der Waals surface area (Å²) >= 11 is 0. The number of carbonyl (C=O) groups is 2. The number of amides is 1. The lowest BCUT2D eigenvalue weighted by Gasteiger charge is -2.13. The van der Waals surface area contributed by atoms with Crippen molar-refractivity contribution in [3.8, 4) is 0 Å². The molecule has 0 bridgehead atoms. The van der Waals surface area contributed by atoms with Crippen LogP contribution in [0, 0.1) is 11.8 Å². The number of nitrogens with zero attached hydrogens (tertiary/aromatic N) is 1. The van der Waals surface area contributed by atoms with Crippen LogP contribution in [0.2, 0.25) is 0 Å². The highest BCUT2D eigenvalue weighted by Gasteiger charge is 2.38. The number of hydrogen-bond donors (Lipinski definition) is 0. The first-order chi connectivity index (χ1) is 7.60. The normalized spacial score (nSPS) is 24.6. The van der Waals surface area contributed by atoms with E-state index in [0.717, 1.165) is 0 Å². The second-order valence-electron chi connectivity index (χ2n) is 4.12. The molecule has 2 atom stereocenters. The molecule has 1 aliphatic rings. The van der Waals surface area contributed by atoms with E-state index in [1.807, 2.05) is 6.92 Å². The van der Waals surface area contributed by atoms with E-state index < -0.39 is 0 Å². The van der Waals surface area contributed by atoms with Crippen LogP contribution in [-0.4, -0.2) is 36.5 Å². The van der Waals surface area contributed by atoms with Crippen molar-refractivity contribution < 1.29 is 14.3 Å². The zero-order chi connectivity index (χ0) is 12.1. The van der Waals surface area contributed by atoms with Crippen molar-refractivity contribution >= 4 is 11.9 Å². The largest absolute Gasteiger partial charge is 0.466 e. The molecule has 0 aliphatic carbocycles. The third-order valence-corrected chi connectivity index (χ3v) is 2.87. The van der Waals surface area contributed by atoms with Gasteiger partial charge in [-0.1, -0.05) is 13.0 Å². The number of rotatable bonds is 5. The fraction of sp³-hybridized carbons (Fsp3) is 0.667. The van der Waals surface area contributed by atoms with E-state index in [4.69, 9.17) is 4.74 Å². The highest BCUT2D eigenvalue weighted by atomic mass is 16.5. The van der Waals surface area contributed by atoms with Crippen molar-refractivity contribution in [2.24, 2.45) is 11.8 Å². The molecule has 0 saturated carbocycles. The highest BCUT2D eigenvalue weighted by Crippen LogP contribution is 2.27. The zero-order valence-electron chi connectivity index (χ0n) is 9.94. The van der Waals surface area contributed by atoms with Gasteiger partial charge in [0.1, 0.15) is 0 Å². The Kier molecular flexibility index (Phi) is 4.52. The van der Waals surface area contributed by atoms with Crippen molar-refractivity contribution in [3.05, 3.63) is 12.7 Å². The third-order valence-electron chi connectivity index (χ3n) is 2.87. The number of likely N-dealkylation sites (tertiary alicyclic amines) is 1. The lowest BCUT2D eigenvalue weighted by Crippen LogP contribution is -2.28. The second-order valence-corrected chi connectivity index (χ2v) is 4.12. The fourth-order valence-electron chi connectivity index (χ4n) is 2.05. The van der Waals surface area contributed by atoms with Crippen molar-refractivity contribution in [2.45, 2.75) is 20.3 Å². The molecule has 0 aromatic heterocycles. The van der Waals surface area contributed by atoms with Gasteiger partial charge in [-0.2, -0.15) is 0 Å². The molecule has 1 rings (SSSR count). The summed E-state index contributed by atoms with van der Waals surface area (Å²) in [5, 5.41) is 0. The molecule has 4 heteroatoms. The summed E-state index contributed by atoms with van der Waals surface area (Å²) in [6.45, 7) is 9.00. The Hall–Kier alpha value is -1.32. The smallest absolute Gasteiger partial charge is 0.306 e. The van der Waals surface area contributed by atoms with E-state index in [-0.39, 0.29) is 30.1 Å². The van der Waals surface area contributed by atoms with Crippen molar-refractivity contribution in [1.29, 1.82) is 0 Å². The number of hydrogen-bond acceptors (Lipinski definition) is 3. The number of carbonyl (C=O) groups excluding carboxylic acids is 2. The first-order valence-corrected chi connectivity index (χ1v) is 5.65. The third kappa shape index (κ3) is 2.84. The molecule has 0 N–H and O–H groups in total. The van der Waals surface area contributed by atoms with Gasteiger partial charge in [-0.25, -0.2) is 0 Å². The molecule has 1 heterocycles. The number of ether oxygens (including phenoxy) is 1. The zero-order valence-corrected chi connectivity index (χ0v) is 9.94. The summed E-state index contributed by atoms with van der Waals surface area (Å²) in [5.74, 6) is -0.260. The quantitative estimate of drug-likeness (QED) is 0.522. The van der Waals surface area contributed by atoms with Crippen LogP contribution >= 0.6 is 0 Å². The summed E-state index contributed by atoms with van der Waals surface area (Å²) < 4.78 is 4.87. The van der Waals surface area contributed by atoms with Gasteiger partial charge in [-0.3, -0.25) is 9.59 Å². The number of esters is 1. The second kappa shape index (κ2) is 5.68. The molecular weight excluding hydrogens is 206 g/mol. The average Bonchev–Trinajstić information content (AvgIpc) is 2.47. The maximum Gasteiger partial charge on any atom is 0.306 e. The van der Waals surface area contributed by atoms with Crippen LogP contribution < -0.4 is 0 Å². The minimum atomic E-state index is -0.284. The molecule has 90 valence electrons. The topological polar surface area (TPSA) is 46.6 Å². The van der Waals surface area contributed by atoms with Crippen LogP contribution in [0.5, 0.6) is 0 Å². The molecule has 4 nitrogen and oxygen atoms in total. The van der Waals surface area contributed by atoms with Crippen LogP contribution in [0.25, 0.3) is 0 Å². The first-order valence-electron chi connectivity index (χ1n) is 5.65. The van der Waals surface area contributed by atoms with E-state index in [1.54, 1.807) is 17.9 Å². The molecule has 0 spiro atoms. The van der Waals surface area contributed by atoms with E-state index in [0.29, 0.717) is 19.7 Å². The summed E-state index contributed by atoms with van der Waals surface area (Å²) in [6, 6.07) is 0. The van der Waals surface area contributed by atoms with Gasteiger partial charge in [-0.15, -0.1) is 6.58 Å². The van der Waals surface area contributed by atoms with Crippen LogP contribution in [-0.2, 0) is 14.3 Å². The van der Waals surface area contributed by atoms with E-state index >= 15 is 0 Å². The SMILES string of the molecule is C=CCN1C[C@@H](C)[C@H](CC(=O)OCC)C1=O. The average molecular weight is 225 g/mol. The van der Waals surface area contributed by atoms with E-state index in [9.17, 15) is 9.59 Å². The molecule has 0 aromatic rings. The van der Waals surface area contributed by atoms with Gasteiger partial charge in [0.15, 0.2) is 0 Å². The Labute approximate surface area is 96.3 Å². The molecule has 1 amide bonds. The maximum atomic E-state index is 11.9. The highest BCUT2D eigenvalue weighted by molar-refractivity contribution is 5.85. The first kappa shape index (κ1) is 12.7. The molecule has 0 aromatic carbocycles. The van der Waals surface area contributed by atoms with Crippen LogP contribution in [0.1, 0.15) is 20.3 Å². The molecule has 1 saturated heterocycles. The van der Waals surface area contributed by atoms with Crippen LogP contribution in [0.4, 0.5) is 0 Å². The summed E-state index contributed by atoms with van der Waals surface area (Å²) in [6.07, 6.45) is 1.90. The Bertz CT molecular complexity index is 288. The van der Waals surface area contributed by atoms with Gasteiger partial charge in [0.25, 0.3) is 0 Å². The van der Waals surface area contributed by atoms with E-state index in [1.165, 1.54) is 0 Å². The molecule has 0 radical (unpaired) electrons. The van der Waals surface area contributed by atoms with Crippen molar-refractivity contribution in [1.82, 2.24) is 4.90 Å². The van der Waals surface area contributed by atoms with Gasteiger partial charge in [0.05, 0.1) is 18.9 Å². The predicted molar refractivity (Wildman–Crippen MR) is 60.7 cm³/mol. The van der Waals surface area contributed by atoms with Gasteiger partial charge in [-0.05, 0) is 12.8 Å². The minimum Gasteiger partial charge on any atom is -0.466 e. The summed E-state index contributed by atoms with van der Waals surface area (Å²) in [5.41, 5.74) is 0. The molecule has 1 aliphatic heterocycles. The molecule has 1 fully saturated rings. The molecule has 0 unspecified atom stereocenters.